The van der Waals surface area contributed by atoms with Crippen molar-refractivity contribution in [3.8, 4) is 0 Å². The van der Waals surface area contributed by atoms with E-state index in [1.807, 2.05) is 30.3 Å². The molecule has 5 nitrogen and oxygen atoms in total. The number of methoxy groups -OCH3 is 2. The molecular formula is C14H23ClN2O3. The second kappa shape index (κ2) is 10.6. The highest BCUT2D eigenvalue weighted by molar-refractivity contribution is 5.85. The minimum atomic E-state index is -0.644. The van der Waals surface area contributed by atoms with Crippen molar-refractivity contribution in [3.63, 3.8) is 0 Å². The van der Waals surface area contributed by atoms with Gasteiger partial charge in [0.1, 0.15) is 6.04 Å². The zero-order chi connectivity index (χ0) is 14.1. The van der Waals surface area contributed by atoms with Gasteiger partial charge in [0.05, 0.1) is 13.2 Å². The van der Waals surface area contributed by atoms with E-state index in [1.54, 1.807) is 19.1 Å². The normalized spacial score (nSPS) is 11.6. The molecular weight excluding hydrogens is 280 g/mol. The number of benzene rings is 1. The molecule has 0 aliphatic heterocycles. The van der Waals surface area contributed by atoms with Gasteiger partial charge in [-0.2, -0.15) is 0 Å². The lowest BCUT2D eigenvalue weighted by molar-refractivity contribution is -0.134. The van der Waals surface area contributed by atoms with Crippen LogP contribution < -0.4 is 5.73 Å². The van der Waals surface area contributed by atoms with Gasteiger partial charge in [0.15, 0.2) is 0 Å². The first-order valence-electron chi connectivity index (χ1n) is 6.28. The van der Waals surface area contributed by atoms with Crippen molar-refractivity contribution < 1.29 is 14.3 Å². The molecule has 0 fully saturated rings. The second-order valence-corrected chi connectivity index (χ2v) is 4.20. The third kappa shape index (κ3) is 5.88. The summed E-state index contributed by atoms with van der Waals surface area (Å²) in [6, 6.07) is 8.71. The second-order valence-electron chi connectivity index (χ2n) is 4.20. The molecule has 1 aromatic carbocycles. The van der Waals surface area contributed by atoms with Crippen molar-refractivity contribution in [2.24, 2.45) is 5.73 Å². The maximum Gasteiger partial charge on any atom is 0.244 e. The monoisotopic (exact) mass is 302 g/mol. The van der Waals surface area contributed by atoms with Crippen LogP contribution in [-0.2, 0) is 14.3 Å². The molecule has 6 heteroatoms. The van der Waals surface area contributed by atoms with Crippen LogP contribution in [0, 0.1) is 0 Å². The van der Waals surface area contributed by atoms with Crippen LogP contribution in [0.1, 0.15) is 11.6 Å². The van der Waals surface area contributed by atoms with Gasteiger partial charge < -0.3 is 20.1 Å². The van der Waals surface area contributed by atoms with E-state index in [0.29, 0.717) is 26.3 Å². The lowest BCUT2D eigenvalue weighted by Crippen LogP contribution is -2.42. The summed E-state index contributed by atoms with van der Waals surface area (Å²) in [5.74, 6) is -0.111. The molecule has 0 saturated carbocycles. The molecule has 1 unspecified atom stereocenters. The largest absolute Gasteiger partial charge is 0.383 e. The average Bonchev–Trinajstić information content (AvgIpc) is 2.47. The SMILES string of the molecule is COCCN(CCOC)C(=O)C(N)c1ccccc1.Cl. The smallest absolute Gasteiger partial charge is 0.244 e. The van der Waals surface area contributed by atoms with Crippen LogP contribution in [0.4, 0.5) is 0 Å². The third-order valence-corrected chi connectivity index (χ3v) is 2.87. The molecule has 1 rings (SSSR count). The Hall–Kier alpha value is -1.14. The number of nitrogens with zero attached hydrogens (tertiary/aromatic N) is 1. The molecule has 0 radical (unpaired) electrons. The molecule has 0 aromatic heterocycles. The van der Waals surface area contributed by atoms with Gasteiger partial charge in [-0.25, -0.2) is 0 Å². The number of nitrogens with two attached hydrogens (primary N) is 1. The minimum Gasteiger partial charge on any atom is -0.383 e. The van der Waals surface area contributed by atoms with Crippen molar-refractivity contribution in [1.29, 1.82) is 0 Å². The fourth-order valence-electron chi connectivity index (χ4n) is 1.73. The maximum atomic E-state index is 12.3. The van der Waals surface area contributed by atoms with E-state index in [1.165, 1.54) is 0 Å². The Morgan fingerprint density at radius 1 is 1.15 bits per heavy atom. The van der Waals surface area contributed by atoms with Gasteiger partial charge in [0.25, 0.3) is 0 Å². The Balaban J connectivity index is 0.00000361. The van der Waals surface area contributed by atoms with Crippen LogP contribution in [0.2, 0.25) is 0 Å². The average molecular weight is 303 g/mol. The van der Waals surface area contributed by atoms with E-state index >= 15 is 0 Å². The Morgan fingerprint density at radius 2 is 1.65 bits per heavy atom. The molecule has 1 atom stereocenters. The first-order valence-corrected chi connectivity index (χ1v) is 6.28. The summed E-state index contributed by atoms with van der Waals surface area (Å²) in [4.78, 5) is 14.0. The van der Waals surface area contributed by atoms with Crippen molar-refractivity contribution in [1.82, 2.24) is 4.90 Å². The van der Waals surface area contributed by atoms with E-state index in [9.17, 15) is 4.79 Å². The zero-order valence-corrected chi connectivity index (χ0v) is 12.8. The van der Waals surface area contributed by atoms with Crippen molar-refractivity contribution in [3.05, 3.63) is 35.9 Å². The summed E-state index contributed by atoms with van der Waals surface area (Å²) in [5, 5.41) is 0. The van der Waals surface area contributed by atoms with Gasteiger partial charge in [-0.15, -0.1) is 12.4 Å². The van der Waals surface area contributed by atoms with Crippen molar-refractivity contribution in [2.45, 2.75) is 6.04 Å². The predicted octanol–water partition coefficient (Wildman–Crippen LogP) is 1.23. The first kappa shape index (κ1) is 18.9. The standard InChI is InChI=1S/C14H22N2O3.ClH/c1-18-10-8-16(9-11-19-2)14(17)13(15)12-6-4-3-5-7-12;/h3-7,13H,8-11,15H2,1-2H3;1H. The van der Waals surface area contributed by atoms with Crippen LogP contribution in [0.25, 0.3) is 0 Å². The van der Waals surface area contributed by atoms with Gasteiger partial charge >= 0.3 is 0 Å². The molecule has 0 aliphatic carbocycles. The minimum absolute atomic E-state index is 0. The molecule has 0 saturated heterocycles. The molecule has 0 spiro atoms. The number of hydrogen-bond donors (Lipinski definition) is 1. The van der Waals surface area contributed by atoms with Gasteiger partial charge in [-0.05, 0) is 5.56 Å². The third-order valence-electron chi connectivity index (χ3n) is 2.87. The fourth-order valence-corrected chi connectivity index (χ4v) is 1.73. The quantitative estimate of drug-likeness (QED) is 0.784. The van der Waals surface area contributed by atoms with Crippen molar-refractivity contribution >= 4 is 18.3 Å². The predicted molar refractivity (Wildman–Crippen MR) is 81.0 cm³/mol. The Labute approximate surface area is 126 Å². The highest BCUT2D eigenvalue weighted by Gasteiger charge is 2.21. The molecule has 0 aliphatic rings. The molecule has 2 N–H and O–H groups in total. The van der Waals surface area contributed by atoms with Gasteiger partial charge in [-0.3, -0.25) is 4.79 Å². The van der Waals surface area contributed by atoms with Crippen LogP contribution in [-0.4, -0.2) is 51.3 Å². The molecule has 114 valence electrons. The molecule has 0 heterocycles. The van der Waals surface area contributed by atoms with Crippen LogP contribution in [0.15, 0.2) is 30.3 Å². The number of ether oxygens (including phenoxy) is 2. The molecule has 1 amide bonds. The van der Waals surface area contributed by atoms with E-state index in [0.717, 1.165) is 5.56 Å². The van der Waals surface area contributed by atoms with E-state index < -0.39 is 6.04 Å². The number of hydrogen-bond acceptors (Lipinski definition) is 4. The summed E-state index contributed by atoms with van der Waals surface area (Å²) < 4.78 is 10.0. The Kier molecular flexibility index (Phi) is 10.0. The highest BCUT2D eigenvalue weighted by atomic mass is 35.5. The maximum absolute atomic E-state index is 12.3. The first-order chi connectivity index (χ1) is 9.20. The lowest BCUT2D eigenvalue weighted by atomic mass is 10.1. The van der Waals surface area contributed by atoms with Crippen LogP contribution in [0.5, 0.6) is 0 Å². The molecule has 0 bridgehead atoms. The topological polar surface area (TPSA) is 64.8 Å². The van der Waals surface area contributed by atoms with Crippen molar-refractivity contribution in [2.75, 3.05) is 40.5 Å². The van der Waals surface area contributed by atoms with Gasteiger partial charge in [0.2, 0.25) is 5.91 Å². The van der Waals surface area contributed by atoms with E-state index in [-0.39, 0.29) is 18.3 Å². The zero-order valence-electron chi connectivity index (χ0n) is 12.0. The Bertz CT molecular complexity index is 368. The Morgan fingerprint density at radius 3 is 2.10 bits per heavy atom. The van der Waals surface area contributed by atoms with Gasteiger partial charge in [-0.1, -0.05) is 30.3 Å². The number of rotatable bonds is 8. The summed E-state index contributed by atoms with van der Waals surface area (Å²) in [7, 11) is 3.21. The lowest BCUT2D eigenvalue weighted by Gasteiger charge is -2.25. The summed E-state index contributed by atoms with van der Waals surface area (Å²) in [6.45, 7) is 1.99. The number of carbonyl (C=O) groups is 1. The van der Waals surface area contributed by atoms with Crippen LogP contribution >= 0.6 is 12.4 Å². The number of halogens is 1. The fraction of sp³-hybridized carbons (Fsp3) is 0.500. The number of carbonyl (C=O) groups excluding carboxylic acids is 1. The highest BCUT2D eigenvalue weighted by Crippen LogP contribution is 2.12. The van der Waals surface area contributed by atoms with Crippen LogP contribution in [0.3, 0.4) is 0 Å². The van der Waals surface area contributed by atoms with Gasteiger partial charge in [0, 0.05) is 27.3 Å². The van der Waals surface area contributed by atoms with E-state index in [4.69, 9.17) is 15.2 Å². The molecule has 1 aromatic rings. The summed E-state index contributed by atoms with van der Waals surface area (Å²) in [5.41, 5.74) is 6.82. The summed E-state index contributed by atoms with van der Waals surface area (Å²) in [6.07, 6.45) is 0. The summed E-state index contributed by atoms with van der Waals surface area (Å²) >= 11 is 0. The number of amides is 1. The molecule has 20 heavy (non-hydrogen) atoms. The van der Waals surface area contributed by atoms with E-state index in [2.05, 4.69) is 0 Å².